The first-order valence-corrected chi connectivity index (χ1v) is 10.5. The molecule has 1 atom stereocenters. The molecule has 2 nitrogen and oxygen atoms in total. The van der Waals surface area contributed by atoms with Gasteiger partial charge in [-0.2, -0.15) is 0 Å². The maximum absolute atomic E-state index is 5.46. The Morgan fingerprint density at radius 1 is 1.00 bits per heavy atom. The lowest BCUT2D eigenvalue weighted by atomic mass is 10.0. The van der Waals surface area contributed by atoms with Crippen LogP contribution in [0, 0.1) is 5.92 Å². The van der Waals surface area contributed by atoms with E-state index in [1.165, 1.54) is 30.6 Å². The topological polar surface area (TPSA) is 24.1 Å². The first-order valence-electron chi connectivity index (χ1n) is 9.07. The van der Waals surface area contributed by atoms with Gasteiger partial charge in [-0.05, 0) is 48.8 Å². The SMILES string of the molecule is CCCCC(CC)CSc1ccccc1NC(=S)Nc1ccccc1. The number of thiocarbonyl (C=S) groups is 1. The van der Waals surface area contributed by atoms with Crippen molar-refractivity contribution in [2.24, 2.45) is 5.92 Å². The first kappa shape index (κ1) is 19.8. The van der Waals surface area contributed by atoms with Crippen LogP contribution >= 0.6 is 24.0 Å². The number of nitrogens with one attached hydrogen (secondary N) is 2. The third kappa shape index (κ3) is 7.09. The average Bonchev–Trinajstić information content (AvgIpc) is 2.64. The zero-order valence-electron chi connectivity index (χ0n) is 15.1. The van der Waals surface area contributed by atoms with E-state index >= 15 is 0 Å². The summed E-state index contributed by atoms with van der Waals surface area (Å²) in [5.41, 5.74) is 2.07. The van der Waals surface area contributed by atoms with Crippen LogP contribution in [0.3, 0.4) is 0 Å². The van der Waals surface area contributed by atoms with Crippen LogP contribution in [0.15, 0.2) is 59.5 Å². The van der Waals surface area contributed by atoms with Gasteiger partial charge in [0.15, 0.2) is 5.11 Å². The highest BCUT2D eigenvalue weighted by atomic mass is 32.2. The van der Waals surface area contributed by atoms with E-state index in [4.69, 9.17) is 12.2 Å². The second kappa shape index (κ2) is 11.2. The summed E-state index contributed by atoms with van der Waals surface area (Å²) < 4.78 is 0. The lowest BCUT2D eigenvalue weighted by Crippen LogP contribution is -2.19. The molecule has 2 N–H and O–H groups in total. The zero-order valence-corrected chi connectivity index (χ0v) is 16.8. The van der Waals surface area contributed by atoms with E-state index in [1.54, 1.807) is 0 Å². The number of thioether (sulfide) groups is 1. The van der Waals surface area contributed by atoms with Crippen molar-refractivity contribution in [3.8, 4) is 0 Å². The third-order valence-corrected chi connectivity index (χ3v) is 5.69. The van der Waals surface area contributed by atoms with Gasteiger partial charge >= 0.3 is 0 Å². The van der Waals surface area contributed by atoms with Crippen LogP contribution in [0.5, 0.6) is 0 Å². The number of rotatable bonds is 9. The van der Waals surface area contributed by atoms with E-state index in [0.717, 1.165) is 23.0 Å². The highest BCUT2D eigenvalue weighted by molar-refractivity contribution is 7.99. The quantitative estimate of drug-likeness (QED) is 0.373. The van der Waals surface area contributed by atoms with Crippen molar-refractivity contribution < 1.29 is 0 Å². The Balaban J connectivity index is 1.94. The van der Waals surface area contributed by atoms with Crippen LogP contribution in [0.25, 0.3) is 0 Å². The maximum atomic E-state index is 5.46. The number of anilines is 2. The largest absolute Gasteiger partial charge is 0.332 e. The van der Waals surface area contributed by atoms with E-state index in [1.807, 2.05) is 48.2 Å². The number of unbranched alkanes of at least 4 members (excludes halogenated alkanes) is 1. The highest BCUT2D eigenvalue weighted by Crippen LogP contribution is 2.30. The van der Waals surface area contributed by atoms with Gasteiger partial charge in [-0.25, -0.2) is 0 Å². The maximum Gasteiger partial charge on any atom is 0.175 e. The van der Waals surface area contributed by atoms with Crippen molar-refractivity contribution in [3.05, 3.63) is 54.6 Å². The summed E-state index contributed by atoms with van der Waals surface area (Å²) in [5, 5.41) is 7.20. The lowest BCUT2D eigenvalue weighted by Gasteiger charge is -2.17. The molecule has 0 aliphatic heterocycles. The summed E-state index contributed by atoms with van der Waals surface area (Å²) in [4.78, 5) is 1.26. The van der Waals surface area contributed by atoms with Gasteiger partial charge in [0.05, 0.1) is 5.69 Å². The van der Waals surface area contributed by atoms with Gasteiger partial charge in [-0.15, -0.1) is 11.8 Å². The number of para-hydroxylation sites is 2. The molecule has 0 heterocycles. The molecule has 0 aromatic heterocycles. The molecule has 0 spiro atoms. The summed E-state index contributed by atoms with van der Waals surface area (Å²) in [5.74, 6) is 1.95. The highest BCUT2D eigenvalue weighted by Gasteiger charge is 2.10. The van der Waals surface area contributed by atoms with Crippen LogP contribution in [0.4, 0.5) is 11.4 Å². The molecule has 2 aromatic carbocycles. The minimum Gasteiger partial charge on any atom is -0.332 e. The molecule has 0 saturated heterocycles. The molecule has 0 aliphatic carbocycles. The molecule has 0 radical (unpaired) electrons. The Labute approximate surface area is 161 Å². The van der Waals surface area contributed by atoms with E-state index in [9.17, 15) is 0 Å². The number of hydrogen-bond donors (Lipinski definition) is 2. The Bertz CT molecular complexity index is 643. The van der Waals surface area contributed by atoms with Crippen LogP contribution in [0.1, 0.15) is 39.5 Å². The summed E-state index contributed by atoms with van der Waals surface area (Å²) >= 11 is 7.39. The predicted octanol–water partition coefficient (Wildman–Crippen LogP) is 6.80. The number of benzene rings is 2. The Morgan fingerprint density at radius 2 is 1.72 bits per heavy atom. The lowest BCUT2D eigenvalue weighted by molar-refractivity contribution is 0.499. The zero-order chi connectivity index (χ0) is 17.9. The Hall–Kier alpha value is -1.52. The molecule has 25 heavy (non-hydrogen) atoms. The van der Waals surface area contributed by atoms with Crippen molar-refractivity contribution in [1.29, 1.82) is 0 Å². The predicted molar refractivity (Wildman–Crippen MR) is 117 cm³/mol. The van der Waals surface area contributed by atoms with Crippen LogP contribution < -0.4 is 10.6 Å². The fourth-order valence-electron chi connectivity index (χ4n) is 2.61. The van der Waals surface area contributed by atoms with Crippen molar-refractivity contribution in [2.45, 2.75) is 44.4 Å². The van der Waals surface area contributed by atoms with Crippen molar-refractivity contribution in [3.63, 3.8) is 0 Å². The molecule has 0 bridgehead atoms. The van der Waals surface area contributed by atoms with Crippen LogP contribution in [-0.2, 0) is 0 Å². The molecule has 1 unspecified atom stereocenters. The molecular weight excluding hydrogens is 344 g/mol. The molecule has 2 rings (SSSR count). The summed E-state index contributed by atoms with van der Waals surface area (Å²) in [6.07, 6.45) is 5.17. The van der Waals surface area contributed by atoms with Crippen molar-refractivity contribution in [2.75, 3.05) is 16.4 Å². The van der Waals surface area contributed by atoms with E-state index in [-0.39, 0.29) is 0 Å². The second-order valence-electron chi connectivity index (χ2n) is 6.17. The Morgan fingerprint density at radius 3 is 2.44 bits per heavy atom. The van der Waals surface area contributed by atoms with Gasteiger partial charge in [0, 0.05) is 16.3 Å². The summed E-state index contributed by atoms with van der Waals surface area (Å²) in [6.45, 7) is 4.56. The average molecular weight is 373 g/mol. The van der Waals surface area contributed by atoms with Gasteiger partial charge in [0.2, 0.25) is 0 Å². The molecule has 0 amide bonds. The third-order valence-electron chi connectivity index (χ3n) is 4.18. The fourth-order valence-corrected chi connectivity index (χ4v) is 4.10. The summed E-state index contributed by atoms with van der Waals surface area (Å²) in [7, 11) is 0. The van der Waals surface area contributed by atoms with Gasteiger partial charge in [0.1, 0.15) is 0 Å². The standard InChI is InChI=1S/C21H28N2S2/c1-3-5-11-17(4-2)16-25-20-15-10-9-14-19(20)23-21(24)22-18-12-7-6-8-13-18/h6-10,12-15,17H,3-5,11,16H2,1-2H3,(H2,22,23,24). The van der Waals surface area contributed by atoms with E-state index in [0.29, 0.717) is 5.11 Å². The van der Waals surface area contributed by atoms with Crippen molar-refractivity contribution >= 4 is 40.5 Å². The normalized spacial score (nSPS) is 11.8. The van der Waals surface area contributed by atoms with Gasteiger partial charge in [0.25, 0.3) is 0 Å². The molecule has 2 aromatic rings. The van der Waals surface area contributed by atoms with E-state index in [2.05, 4.69) is 42.7 Å². The molecule has 0 aliphatic rings. The number of hydrogen-bond acceptors (Lipinski definition) is 2. The minimum absolute atomic E-state index is 0.622. The molecule has 4 heteroatoms. The monoisotopic (exact) mass is 372 g/mol. The van der Waals surface area contributed by atoms with Gasteiger partial charge < -0.3 is 10.6 Å². The van der Waals surface area contributed by atoms with Crippen LogP contribution in [-0.4, -0.2) is 10.9 Å². The van der Waals surface area contributed by atoms with Crippen LogP contribution in [0.2, 0.25) is 0 Å². The Kier molecular flexibility index (Phi) is 8.84. The first-order chi connectivity index (χ1) is 12.2. The molecule has 0 saturated carbocycles. The molecule has 0 fully saturated rings. The van der Waals surface area contributed by atoms with E-state index < -0.39 is 0 Å². The van der Waals surface area contributed by atoms with Gasteiger partial charge in [-0.3, -0.25) is 0 Å². The van der Waals surface area contributed by atoms with Gasteiger partial charge in [-0.1, -0.05) is 63.4 Å². The molecular formula is C21H28N2S2. The molecule has 134 valence electrons. The smallest absolute Gasteiger partial charge is 0.175 e. The second-order valence-corrected chi connectivity index (χ2v) is 7.64. The fraction of sp³-hybridized carbons (Fsp3) is 0.381. The summed E-state index contributed by atoms with van der Waals surface area (Å²) in [6, 6.07) is 18.4. The van der Waals surface area contributed by atoms with Crippen molar-refractivity contribution in [1.82, 2.24) is 0 Å². The minimum atomic E-state index is 0.622.